The minimum absolute atomic E-state index is 0. The quantitative estimate of drug-likeness (QED) is 0.690. The Morgan fingerprint density at radius 1 is 1.18 bits per heavy atom. The van der Waals surface area contributed by atoms with Gasteiger partial charge in [-0.15, -0.1) is 12.4 Å². The van der Waals surface area contributed by atoms with Gasteiger partial charge in [0.15, 0.2) is 0 Å². The van der Waals surface area contributed by atoms with Gasteiger partial charge in [-0.1, -0.05) is 23.2 Å². The van der Waals surface area contributed by atoms with Gasteiger partial charge in [-0.2, -0.15) is 0 Å². The maximum atomic E-state index is 6.20. The summed E-state index contributed by atoms with van der Waals surface area (Å²) < 4.78 is 0. The monoisotopic (exact) mass is 290 g/mol. The molecule has 2 nitrogen and oxygen atoms in total. The third-order valence-corrected chi connectivity index (χ3v) is 3.73. The lowest BCUT2D eigenvalue weighted by Gasteiger charge is -2.34. The molecule has 0 spiro atoms. The summed E-state index contributed by atoms with van der Waals surface area (Å²) in [6, 6.07) is 3.70. The second kappa shape index (κ2) is 5.05. The van der Waals surface area contributed by atoms with Crippen LogP contribution in [0.1, 0.15) is 24.8 Å². The van der Waals surface area contributed by atoms with Gasteiger partial charge in [-0.05, 0) is 25.0 Å². The maximum Gasteiger partial charge on any atom is 0.105 e. The first kappa shape index (κ1) is 13.0. The number of hydrogen-bond acceptors (Lipinski definition) is 2. The fourth-order valence-electron chi connectivity index (χ4n) is 2.35. The van der Waals surface area contributed by atoms with E-state index in [1.165, 1.54) is 18.7 Å². The van der Waals surface area contributed by atoms with Crippen molar-refractivity contribution in [3.05, 3.63) is 27.7 Å². The number of piperidine rings is 1. The van der Waals surface area contributed by atoms with Gasteiger partial charge in [0.25, 0.3) is 0 Å². The van der Waals surface area contributed by atoms with Crippen molar-refractivity contribution in [1.82, 2.24) is 4.90 Å². The summed E-state index contributed by atoms with van der Waals surface area (Å²) in [5.74, 6) is 1.19. The van der Waals surface area contributed by atoms with Crippen LogP contribution in [0.4, 0.5) is 5.69 Å². The van der Waals surface area contributed by atoms with E-state index in [4.69, 9.17) is 23.2 Å². The molecule has 1 saturated heterocycles. The van der Waals surface area contributed by atoms with E-state index in [1.807, 2.05) is 6.07 Å². The lowest BCUT2D eigenvalue weighted by Crippen LogP contribution is -2.36. The van der Waals surface area contributed by atoms with Crippen LogP contribution in [0.15, 0.2) is 17.1 Å². The summed E-state index contributed by atoms with van der Waals surface area (Å²) in [6.07, 6.45) is 3.56. The molecule has 2 aliphatic heterocycles. The third-order valence-electron chi connectivity index (χ3n) is 3.18. The van der Waals surface area contributed by atoms with Crippen LogP contribution in [0.25, 0.3) is 0 Å². The molecule has 1 fully saturated rings. The van der Waals surface area contributed by atoms with Gasteiger partial charge in [0.1, 0.15) is 5.84 Å². The summed E-state index contributed by atoms with van der Waals surface area (Å²) >= 11 is 12.2. The Morgan fingerprint density at radius 3 is 2.82 bits per heavy atom. The Morgan fingerprint density at radius 2 is 2.00 bits per heavy atom. The van der Waals surface area contributed by atoms with Crippen LogP contribution in [-0.4, -0.2) is 17.3 Å². The SMILES string of the molecule is Cl.Clc1cc(Cl)c2c(c1)N=C1CCCCN1C2. The molecule has 5 heteroatoms. The lowest BCUT2D eigenvalue weighted by molar-refractivity contribution is 0.359. The predicted octanol–water partition coefficient (Wildman–Crippen LogP) is 4.44. The number of benzene rings is 1. The average Bonchev–Trinajstić information content (AvgIpc) is 2.27. The van der Waals surface area contributed by atoms with Gasteiger partial charge >= 0.3 is 0 Å². The highest BCUT2D eigenvalue weighted by Gasteiger charge is 2.24. The first-order chi connectivity index (χ1) is 7.74. The zero-order valence-electron chi connectivity index (χ0n) is 9.25. The number of hydrogen-bond donors (Lipinski definition) is 0. The fourth-order valence-corrected chi connectivity index (χ4v) is 2.89. The molecule has 0 amide bonds. The Labute approximate surface area is 117 Å². The molecule has 1 aromatic rings. The van der Waals surface area contributed by atoms with Crippen LogP contribution < -0.4 is 0 Å². The summed E-state index contributed by atoms with van der Waals surface area (Å²) in [7, 11) is 0. The molecule has 92 valence electrons. The highest BCUT2D eigenvalue weighted by atomic mass is 35.5. The summed E-state index contributed by atoms with van der Waals surface area (Å²) in [5, 5.41) is 1.40. The van der Waals surface area contributed by atoms with Crippen molar-refractivity contribution in [3.63, 3.8) is 0 Å². The summed E-state index contributed by atoms with van der Waals surface area (Å²) in [4.78, 5) is 6.99. The van der Waals surface area contributed by atoms with Crippen molar-refractivity contribution in [2.24, 2.45) is 4.99 Å². The predicted molar refractivity (Wildman–Crippen MR) is 75.1 cm³/mol. The van der Waals surface area contributed by atoms with E-state index in [9.17, 15) is 0 Å². The van der Waals surface area contributed by atoms with Gasteiger partial charge in [-0.3, -0.25) is 0 Å². The molecule has 2 aliphatic rings. The molecule has 0 unspecified atom stereocenters. The molecule has 0 saturated carbocycles. The minimum atomic E-state index is 0. The third kappa shape index (κ3) is 2.40. The van der Waals surface area contributed by atoms with E-state index in [2.05, 4.69) is 9.89 Å². The highest BCUT2D eigenvalue weighted by Crippen LogP contribution is 2.36. The molecule has 0 N–H and O–H groups in total. The zero-order chi connectivity index (χ0) is 11.1. The molecule has 0 radical (unpaired) electrons. The van der Waals surface area contributed by atoms with Gasteiger partial charge in [-0.25, -0.2) is 4.99 Å². The molecule has 2 heterocycles. The van der Waals surface area contributed by atoms with Gasteiger partial charge < -0.3 is 4.90 Å². The first-order valence-corrected chi connectivity index (χ1v) is 6.30. The molecule has 1 aromatic carbocycles. The van der Waals surface area contributed by atoms with Crippen molar-refractivity contribution in [3.8, 4) is 0 Å². The smallest absolute Gasteiger partial charge is 0.105 e. The second-order valence-electron chi connectivity index (χ2n) is 4.29. The normalized spacial score (nSPS) is 17.8. The van der Waals surface area contributed by atoms with Crippen molar-refractivity contribution in [2.75, 3.05) is 6.54 Å². The topological polar surface area (TPSA) is 15.6 Å². The minimum Gasteiger partial charge on any atom is -0.356 e. The Balaban J connectivity index is 0.00000108. The standard InChI is InChI=1S/C12H12Cl2N2.ClH/c13-8-5-10(14)9-7-16-4-2-1-3-12(16)15-11(9)6-8;/h5-6H,1-4,7H2;1H. The molecule has 3 rings (SSSR count). The number of halogens is 3. The van der Waals surface area contributed by atoms with E-state index in [0.29, 0.717) is 5.02 Å². The Hall–Kier alpha value is -0.440. The second-order valence-corrected chi connectivity index (χ2v) is 5.14. The highest BCUT2D eigenvalue weighted by molar-refractivity contribution is 6.35. The van der Waals surface area contributed by atoms with E-state index in [-0.39, 0.29) is 12.4 Å². The van der Waals surface area contributed by atoms with Crippen molar-refractivity contribution in [2.45, 2.75) is 25.8 Å². The molecular weight excluding hydrogens is 279 g/mol. The summed E-state index contributed by atoms with van der Waals surface area (Å²) in [5.41, 5.74) is 2.06. The lowest BCUT2D eigenvalue weighted by atomic mass is 10.0. The number of aliphatic imine (C=N–C) groups is 1. The fraction of sp³-hybridized carbons (Fsp3) is 0.417. The van der Waals surface area contributed by atoms with E-state index in [0.717, 1.165) is 35.8 Å². The van der Waals surface area contributed by atoms with Crippen LogP contribution in [-0.2, 0) is 6.54 Å². The van der Waals surface area contributed by atoms with E-state index < -0.39 is 0 Å². The maximum absolute atomic E-state index is 6.20. The van der Waals surface area contributed by atoms with Crippen molar-refractivity contribution >= 4 is 47.1 Å². The van der Waals surface area contributed by atoms with Crippen LogP contribution in [0.3, 0.4) is 0 Å². The zero-order valence-corrected chi connectivity index (χ0v) is 11.6. The molecule has 0 aromatic heterocycles. The van der Waals surface area contributed by atoms with Crippen molar-refractivity contribution < 1.29 is 0 Å². The van der Waals surface area contributed by atoms with Crippen LogP contribution in [0, 0.1) is 0 Å². The van der Waals surface area contributed by atoms with Gasteiger partial charge in [0, 0.05) is 35.1 Å². The van der Waals surface area contributed by atoms with E-state index >= 15 is 0 Å². The molecule has 0 aliphatic carbocycles. The largest absolute Gasteiger partial charge is 0.356 e. The van der Waals surface area contributed by atoms with Gasteiger partial charge in [0.2, 0.25) is 0 Å². The van der Waals surface area contributed by atoms with Gasteiger partial charge in [0.05, 0.1) is 5.69 Å². The summed E-state index contributed by atoms with van der Waals surface area (Å²) in [6.45, 7) is 1.97. The number of fused-ring (bicyclic) bond motifs is 2. The molecular formula is C12H13Cl3N2. The average molecular weight is 292 g/mol. The van der Waals surface area contributed by atoms with Crippen LogP contribution in [0.2, 0.25) is 10.0 Å². The van der Waals surface area contributed by atoms with E-state index in [1.54, 1.807) is 6.07 Å². The van der Waals surface area contributed by atoms with Crippen LogP contribution >= 0.6 is 35.6 Å². The van der Waals surface area contributed by atoms with Crippen molar-refractivity contribution in [1.29, 1.82) is 0 Å². The molecule has 0 bridgehead atoms. The Bertz CT molecular complexity index is 471. The number of rotatable bonds is 0. The first-order valence-electron chi connectivity index (χ1n) is 5.54. The molecule has 0 atom stereocenters. The number of nitrogens with zero attached hydrogens (tertiary/aromatic N) is 2. The Kier molecular flexibility index (Phi) is 3.86. The molecule has 17 heavy (non-hydrogen) atoms. The van der Waals surface area contributed by atoms with Crippen LogP contribution in [0.5, 0.6) is 0 Å². The number of amidine groups is 1.